The number of primary amides is 1. The van der Waals surface area contributed by atoms with E-state index in [1.807, 2.05) is 37.3 Å². The number of hydrogen-bond acceptors (Lipinski definition) is 6. The molecular formula is C26H28N4O5. The number of para-hydroxylation sites is 2. The third-order valence-corrected chi connectivity index (χ3v) is 7.53. The predicted octanol–water partition coefficient (Wildman–Crippen LogP) is 1.44. The third kappa shape index (κ3) is 3.33. The van der Waals surface area contributed by atoms with Gasteiger partial charge in [-0.15, -0.1) is 0 Å². The number of carbonyl (C=O) groups excluding carboxylic acids is 4. The summed E-state index contributed by atoms with van der Waals surface area (Å²) in [4.78, 5) is 54.0. The summed E-state index contributed by atoms with van der Waals surface area (Å²) in [5.41, 5.74) is 7.00. The monoisotopic (exact) mass is 476 g/mol. The summed E-state index contributed by atoms with van der Waals surface area (Å²) in [7, 11) is 1.53. The van der Waals surface area contributed by atoms with E-state index in [1.165, 1.54) is 12.0 Å². The van der Waals surface area contributed by atoms with Crippen molar-refractivity contribution in [3.8, 4) is 5.75 Å². The fourth-order valence-corrected chi connectivity index (χ4v) is 5.95. The van der Waals surface area contributed by atoms with E-state index in [0.717, 1.165) is 5.56 Å². The van der Waals surface area contributed by atoms with E-state index in [-0.39, 0.29) is 31.2 Å². The fraction of sp³-hybridized carbons (Fsp3) is 0.385. The van der Waals surface area contributed by atoms with Crippen molar-refractivity contribution in [2.24, 2.45) is 17.6 Å². The average Bonchev–Trinajstić information content (AvgIpc) is 3.43. The molecule has 4 N–H and O–H groups in total. The van der Waals surface area contributed by atoms with Crippen molar-refractivity contribution in [1.82, 2.24) is 10.2 Å². The fourth-order valence-electron chi connectivity index (χ4n) is 5.95. The molecule has 5 rings (SSSR count). The molecule has 0 aliphatic carbocycles. The number of aryl methyl sites for hydroxylation is 1. The van der Waals surface area contributed by atoms with Crippen molar-refractivity contribution in [1.29, 1.82) is 0 Å². The molecule has 9 nitrogen and oxygen atoms in total. The molecule has 9 heteroatoms. The highest BCUT2D eigenvalue weighted by Crippen LogP contribution is 2.54. The van der Waals surface area contributed by atoms with Gasteiger partial charge in [0.1, 0.15) is 11.3 Å². The van der Waals surface area contributed by atoms with Gasteiger partial charge in [0.2, 0.25) is 23.6 Å². The zero-order valence-corrected chi connectivity index (χ0v) is 19.7. The molecule has 4 amide bonds. The number of fused-ring (bicyclic) bond motifs is 4. The van der Waals surface area contributed by atoms with Crippen molar-refractivity contribution in [3.63, 3.8) is 0 Å². The first-order chi connectivity index (χ1) is 16.8. The van der Waals surface area contributed by atoms with Crippen LogP contribution < -0.4 is 21.1 Å². The molecule has 0 aromatic heterocycles. The molecule has 2 aromatic carbocycles. The van der Waals surface area contributed by atoms with Crippen LogP contribution in [-0.2, 0) is 37.7 Å². The number of ether oxygens (including phenoxy) is 1. The topological polar surface area (TPSA) is 131 Å². The molecule has 1 spiro atoms. The van der Waals surface area contributed by atoms with E-state index in [4.69, 9.17) is 10.5 Å². The van der Waals surface area contributed by atoms with Crippen LogP contribution in [0.25, 0.3) is 0 Å². The number of nitrogens with zero attached hydrogens (tertiary/aromatic N) is 1. The summed E-state index contributed by atoms with van der Waals surface area (Å²) in [5, 5.41) is 6.31. The number of benzene rings is 2. The predicted molar refractivity (Wildman–Crippen MR) is 127 cm³/mol. The Morgan fingerprint density at radius 3 is 2.54 bits per heavy atom. The molecule has 4 atom stereocenters. The SMILES string of the molecule is CCc1cccc2c1NC(=O)[C@@]21N[C@@H](CCC(N)=O)[C@H]2C(=O)N(Cc3ccccc3OC)C(=O)[C@@H]21. The molecule has 2 fully saturated rings. The first kappa shape index (κ1) is 23.0. The molecule has 2 saturated heterocycles. The van der Waals surface area contributed by atoms with Gasteiger partial charge in [-0.1, -0.05) is 43.3 Å². The van der Waals surface area contributed by atoms with Crippen LogP contribution in [0.5, 0.6) is 5.75 Å². The average molecular weight is 477 g/mol. The molecule has 3 aliphatic rings. The van der Waals surface area contributed by atoms with E-state index >= 15 is 0 Å². The lowest BCUT2D eigenvalue weighted by molar-refractivity contribution is -0.143. The van der Waals surface area contributed by atoms with Crippen LogP contribution in [0.1, 0.15) is 36.5 Å². The number of anilines is 1. The molecule has 0 radical (unpaired) electrons. The van der Waals surface area contributed by atoms with Gasteiger partial charge in [-0.25, -0.2) is 0 Å². The van der Waals surface area contributed by atoms with Crippen molar-refractivity contribution in [3.05, 3.63) is 59.2 Å². The maximum absolute atomic E-state index is 13.9. The van der Waals surface area contributed by atoms with Crippen molar-refractivity contribution >= 4 is 29.3 Å². The van der Waals surface area contributed by atoms with E-state index < -0.39 is 35.2 Å². The summed E-state index contributed by atoms with van der Waals surface area (Å²) in [6, 6.07) is 12.3. The van der Waals surface area contributed by atoms with Crippen LogP contribution >= 0.6 is 0 Å². The number of nitrogens with one attached hydrogen (secondary N) is 2. The van der Waals surface area contributed by atoms with E-state index in [1.54, 1.807) is 12.1 Å². The Morgan fingerprint density at radius 2 is 1.83 bits per heavy atom. The highest BCUT2D eigenvalue weighted by Gasteiger charge is 2.70. The Morgan fingerprint density at radius 1 is 1.09 bits per heavy atom. The first-order valence-electron chi connectivity index (χ1n) is 11.8. The number of likely N-dealkylation sites (tertiary alicyclic amines) is 1. The van der Waals surface area contributed by atoms with Gasteiger partial charge < -0.3 is 15.8 Å². The molecule has 3 heterocycles. The van der Waals surface area contributed by atoms with Crippen LogP contribution in [0.4, 0.5) is 5.69 Å². The maximum Gasteiger partial charge on any atom is 0.250 e. The van der Waals surface area contributed by atoms with Gasteiger partial charge in [-0.3, -0.25) is 29.4 Å². The lowest BCUT2D eigenvalue weighted by Crippen LogP contribution is -2.53. The normalized spacial score (nSPS) is 26.7. The van der Waals surface area contributed by atoms with E-state index in [2.05, 4.69) is 10.6 Å². The lowest BCUT2D eigenvalue weighted by Gasteiger charge is -2.29. The summed E-state index contributed by atoms with van der Waals surface area (Å²) in [5.74, 6) is -2.79. The first-order valence-corrected chi connectivity index (χ1v) is 11.8. The Labute approximate surface area is 203 Å². The van der Waals surface area contributed by atoms with E-state index in [9.17, 15) is 19.2 Å². The van der Waals surface area contributed by atoms with Gasteiger partial charge >= 0.3 is 0 Å². The second kappa shape index (κ2) is 8.49. The molecule has 182 valence electrons. The Hall–Kier alpha value is -3.72. The molecule has 3 aliphatic heterocycles. The summed E-state index contributed by atoms with van der Waals surface area (Å²) < 4.78 is 5.41. The van der Waals surface area contributed by atoms with Crippen LogP contribution in [0.2, 0.25) is 0 Å². The minimum Gasteiger partial charge on any atom is -0.496 e. The van der Waals surface area contributed by atoms with Gasteiger partial charge in [0, 0.05) is 29.3 Å². The van der Waals surface area contributed by atoms with Gasteiger partial charge in [0.25, 0.3) is 0 Å². The van der Waals surface area contributed by atoms with Crippen LogP contribution in [0.3, 0.4) is 0 Å². The quantitative estimate of drug-likeness (QED) is 0.519. The molecule has 0 saturated carbocycles. The van der Waals surface area contributed by atoms with Crippen molar-refractivity contribution < 1.29 is 23.9 Å². The second-order valence-electron chi connectivity index (χ2n) is 9.29. The molecule has 2 aromatic rings. The molecule has 0 unspecified atom stereocenters. The number of carbonyl (C=O) groups is 4. The third-order valence-electron chi connectivity index (χ3n) is 7.53. The molecule has 0 bridgehead atoms. The highest BCUT2D eigenvalue weighted by atomic mass is 16.5. The Balaban J connectivity index is 1.60. The van der Waals surface area contributed by atoms with Gasteiger partial charge in [-0.2, -0.15) is 0 Å². The summed E-state index contributed by atoms with van der Waals surface area (Å²) in [6.45, 7) is 2.03. The zero-order chi connectivity index (χ0) is 24.9. The van der Waals surface area contributed by atoms with E-state index in [0.29, 0.717) is 29.0 Å². The van der Waals surface area contributed by atoms with Crippen LogP contribution in [-0.4, -0.2) is 41.7 Å². The standard InChI is InChI=1S/C26H28N4O5/c1-3-14-8-6-9-16-22(14)28-25(34)26(16)21-20(17(29-26)11-12-19(27)31)23(32)30(24(21)33)13-15-7-4-5-10-18(15)35-2/h4-10,17,20-21,29H,3,11-13H2,1-2H3,(H2,27,31)(H,28,34)/t17-,20+,21+,26+/m0/s1. The number of amides is 4. The van der Waals surface area contributed by atoms with Gasteiger partial charge in [0.15, 0.2) is 0 Å². The smallest absolute Gasteiger partial charge is 0.250 e. The van der Waals surface area contributed by atoms with Crippen molar-refractivity contribution in [2.75, 3.05) is 12.4 Å². The van der Waals surface area contributed by atoms with Gasteiger partial charge in [-0.05, 0) is 24.5 Å². The molecular weight excluding hydrogens is 448 g/mol. The number of imide groups is 1. The van der Waals surface area contributed by atoms with Gasteiger partial charge in [0.05, 0.1) is 25.5 Å². The zero-order valence-electron chi connectivity index (χ0n) is 19.7. The number of hydrogen-bond donors (Lipinski definition) is 3. The lowest BCUT2D eigenvalue weighted by atomic mass is 9.76. The summed E-state index contributed by atoms with van der Waals surface area (Å²) >= 11 is 0. The largest absolute Gasteiger partial charge is 0.496 e. The van der Waals surface area contributed by atoms with Crippen LogP contribution in [0, 0.1) is 11.8 Å². The Kier molecular flexibility index (Phi) is 5.59. The number of methoxy groups -OCH3 is 1. The minimum atomic E-state index is -1.39. The Bertz CT molecular complexity index is 1240. The number of nitrogens with two attached hydrogens (primary N) is 1. The second-order valence-corrected chi connectivity index (χ2v) is 9.29. The maximum atomic E-state index is 13.9. The summed E-state index contributed by atoms with van der Waals surface area (Å²) in [6.07, 6.45) is 0.982. The molecule has 35 heavy (non-hydrogen) atoms. The number of rotatable bonds is 7. The van der Waals surface area contributed by atoms with Crippen molar-refractivity contribution in [2.45, 2.75) is 44.3 Å². The minimum absolute atomic E-state index is 0.0361. The highest BCUT2D eigenvalue weighted by molar-refractivity contribution is 6.15. The van der Waals surface area contributed by atoms with Crippen LogP contribution in [0.15, 0.2) is 42.5 Å².